The summed E-state index contributed by atoms with van der Waals surface area (Å²) in [6.07, 6.45) is 38.5. The zero-order valence-electron chi connectivity index (χ0n) is 58.5. The standard InChI is InChI=1S/C74H141NO18/c1-3-5-7-9-11-13-14-15-16-17-18-19-20-21-22-23-24-25-26-27-28-29-30-31-32-33-34-35-36-37-38-39-40-41-42-44-46-48-50-52-62(80)75-57(58(79)51-49-47-45-43-12-10-8-6-4-2)56-88-72-68(86)65(83)70(60(54-77)90-72)93-74-69(87)66(84)71(61(55-78)91-74)92-73-67(85)64(82)63(81)59(53-76)89-73/h49,51,57-61,63-74,76-79,81-87H,3-48,50,52-56H2,1-2H3,(H,75,80)/b51-49+. The van der Waals surface area contributed by atoms with Crippen LogP contribution in [0.2, 0.25) is 0 Å². The van der Waals surface area contributed by atoms with E-state index >= 15 is 0 Å². The fourth-order valence-electron chi connectivity index (χ4n) is 13.4. The van der Waals surface area contributed by atoms with Gasteiger partial charge in [0.2, 0.25) is 5.91 Å². The van der Waals surface area contributed by atoms with Gasteiger partial charge in [-0.3, -0.25) is 4.79 Å². The number of aliphatic hydroxyl groups is 11. The first-order valence-corrected chi connectivity index (χ1v) is 38.4. The molecular weight excluding hydrogens is 1190 g/mol. The lowest BCUT2D eigenvalue weighted by atomic mass is 9.96. The van der Waals surface area contributed by atoms with Gasteiger partial charge < -0.3 is 89.9 Å². The minimum absolute atomic E-state index is 0.249. The van der Waals surface area contributed by atoms with Crippen molar-refractivity contribution in [2.45, 2.75) is 426 Å². The second kappa shape index (κ2) is 56.3. The summed E-state index contributed by atoms with van der Waals surface area (Å²) in [6, 6.07) is -0.967. The number of hydrogen-bond acceptors (Lipinski definition) is 18. The Kier molecular flexibility index (Phi) is 51.9. The van der Waals surface area contributed by atoms with Gasteiger partial charge in [0, 0.05) is 6.42 Å². The summed E-state index contributed by atoms with van der Waals surface area (Å²) in [7, 11) is 0. The van der Waals surface area contributed by atoms with Crippen molar-refractivity contribution in [1.82, 2.24) is 5.32 Å². The minimum Gasteiger partial charge on any atom is -0.394 e. The van der Waals surface area contributed by atoms with Crippen LogP contribution in [0.15, 0.2) is 12.2 Å². The van der Waals surface area contributed by atoms with Gasteiger partial charge >= 0.3 is 0 Å². The molecule has 3 heterocycles. The van der Waals surface area contributed by atoms with Crippen LogP contribution >= 0.6 is 0 Å². The smallest absolute Gasteiger partial charge is 0.220 e. The Morgan fingerprint density at radius 3 is 1.01 bits per heavy atom. The topological polar surface area (TPSA) is 307 Å². The fraction of sp³-hybridized carbons (Fsp3) is 0.959. The molecule has 3 aliphatic heterocycles. The maximum atomic E-state index is 13.4. The molecule has 17 unspecified atom stereocenters. The van der Waals surface area contributed by atoms with Crippen LogP contribution in [0.1, 0.15) is 322 Å². The third kappa shape index (κ3) is 37.5. The molecule has 3 fully saturated rings. The Bertz CT molecular complexity index is 1730. The van der Waals surface area contributed by atoms with E-state index in [0.717, 1.165) is 44.9 Å². The number of ether oxygens (including phenoxy) is 6. The van der Waals surface area contributed by atoms with Crippen LogP contribution in [-0.2, 0) is 33.2 Å². The normalized spacial score (nSPS) is 27.5. The van der Waals surface area contributed by atoms with Crippen LogP contribution in [-0.4, -0.2) is 193 Å². The molecule has 0 radical (unpaired) electrons. The molecule has 3 saturated heterocycles. The number of hydrogen-bond donors (Lipinski definition) is 12. The first-order chi connectivity index (χ1) is 45.3. The van der Waals surface area contributed by atoms with Gasteiger partial charge in [-0.15, -0.1) is 0 Å². The zero-order valence-corrected chi connectivity index (χ0v) is 58.5. The molecule has 19 nitrogen and oxygen atoms in total. The van der Waals surface area contributed by atoms with E-state index in [-0.39, 0.29) is 18.9 Å². The average Bonchev–Trinajstić information content (AvgIpc) is 0.900. The highest BCUT2D eigenvalue weighted by atomic mass is 16.8. The number of amides is 1. The fourth-order valence-corrected chi connectivity index (χ4v) is 13.4. The van der Waals surface area contributed by atoms with Gasteiger partial charge in [0.15, 0.2) is 18.9 Å². The van der Waals surface area contributed by atoms with Crippen LogP contribution in [0.25, 0.3) is 0 Å². The summed E-state index contributed by atoms with van der Waals surface area (Å²) < 4.78 is 34.3. The highest BCUT2D eigenvalue weighted by molar-refractivity contribution is 5.76. The van der Waals surface area contributed by atoms with Crippen molar-refractivity contribution in [2.24, 2.45) is 0 Å². The molecule has 17 atom stereocenters. The van der Waals surface area contributed by atoms with Crippen molar-refractivity contribution in [2.75, 3.05) is 26.4 Å². The number of rotatable bonds is 61. The molecule has 550 valence electrons. The number of nitrogens with one attached hydrogen (secondary N) is 1. The number of carbonyl (C=O) groups is 1. The van der Waals surface area contributed by atoms with Crippen LogP contribution in [0, 0.1) is 0 Å². The molecule has 12 N–H and O–H groups in total. The first-order valence-electron chi connectivity index (χ1n) is 38.4. The van der Waals surface area contributed by atoms with Crippen LogP contribution < -0.4 is 5.32 Å². The minimum atomic E-state index is -1.97. The molecule has 19 heteroatoms. The quantitative estimate of drug-likeness (QED) is 0.0199. The van der Waals surface area contributed by atoms with E-state index in [9.17, 15) is 61.0 Å². The molecule has 93 heavy (non-hydrogen) atoms. The molecule has 0 aromatic rings. The summed E-state index contributed by atoms with van der Waals surface area (Å²) in [5.74, 6) is -0.272. The molecule has 0 saturated carbocycles. The Balaban J connectivity index is 1.24. The second-order valence-electron chi connectivity index (χ2n) is 27.8. The molecule has 0 bridgehead atoms. The molecule has 0 aromatic heterocycles. The Morgan fingerprint density at radius 2 is 0.667 bits per heavy atom. The van der Waals surface area contributed by atoms with Crippen molar-refractivity contribution in [3.63, 3.8) is 0 Å². The van der Waals surface area contributed by atoms with Crippen molar-refractivity contribution in [1.29, 1.82) is 0 Å². The van der Waals surface area contributed by atoms with Gasteiger partial charge in [-0.05, 0) is 19.3 Å². The molecule has 0 spiro atoms. The third-order valence-electron chi connectivity index (χ3n) is 19.6. The maximum Gasteiger partial charge on any atom is 0.220 e. The van der Waals surface area contributed by atoms with E-state index < -0.39 is 124 Å². The second-order valence-corrected chi connectivity index (χ2v) is 27.8. The lowest BCUT2D eigenvalue weighted by Gasteiger charge is -2.48. The monoisotopic (exact) mass is 1330 g/mol. The largest absolute Gasteiger partial charge is 0.394 e. The Labute approximate surface area is 563 Å². The van der Waals surface area contributed by atoms with E-state index in [1.165, 1.54) is 250 Å². The lowest BCUT2D eigenvalue weighted by Crippen LogP contribution is -2.66. The average molecular weight is 1330 g/mol. The van der Waals surface area contributed by atoms with Gasteiger partial charge in [0.05, 0.1) is 38.6 Å². The molecule has 0 aliphatic carbocycles. The molecule has 3 rings (SSSR count). The summed E-state index contributed by atoms with van der Waals surface area (Å²) in [5, 5.41) is 120. The summed E-state index contributed by atoms with van der Waals surface area (Å²) in [6.45, 7) is 1.72. The predicted molar refractivity (Wildman–Crippen MR) is 365 cm³/mol. The lowest BCUT2D eigenvalue weighted by molar-refractivity contribution is -0.379. The van der Waals surface area contributed by atoms with Gasteiger partial charge in [0.25, 0.3) is 0 Å². The van der Waals surface area contributed by atoms with Crippen molar-refractivity contribution in [3.05, 3.63) is 12.2 Å². The number of allylic oxidation sites excluding steroid dienone is 1. The SMILES string of the molecule is CCCCCCCCC/C=C/C(O)C(COC1OC(CO)C(OC2OC(CO)C(OC3OC(CO)C(O)C(O)C3O)C(O)C2O)C(O)C1O)NC(=O)CCCCCCCCCCCCCCCCCCCCCCCCCCCCCCCCCCCCCCCCC. The highest BCUT2D eigenvalue weighted by Crippen LogP contribution is 2.33. The third-order valence-corrected chi connectivity index (χ3v) is 19.6. The Hall–Kier alpha value is -1.47. The Morgan fingerprint density at radius 1 is 0.376 bits per heavy atom. The summed E-state index contributed by atoms with van der Waals surface area (Å²) >= 11 is 0. The van der Waals surface area contributed by atoms with Crippen LogP contribution in [0.5, 0.6) is 0 Å². The molecular formula is C74H141NO18. The van der Waals surface area contributed by atoms with Gasteiger partial charge in [-0.2, -0.15) is 0 Å². The van der Waals surface area contributed by atoms with Crippen molar-refractivity contribution >= 4 is 5.91 Å². The summed E-state index contributed by atoms with van der Waals surface area (Å²) in [4.78, 5) is 13.4. The van der Waals surface area contributed by atoms with Crippen molar-refractivity contribution in [3.8, 4) is 0 Å². The van der Waals surface area contributed by atoms with E-state index in [0.29, 0.717) is 6.42 Å². The van der Waals surface area contributed by atoms with Gasteiger partial charge in [0.1, 0.15) is 73.2 Å². The predicted octanol–water partition coefficient (Wildman–Crippen LogP) is 11.6. The van der Waals surface area contributed by atoms with Gasteiger partial charge in [-0.25, -0.2) is 0 Å². The molecule has 1 amide bonds. The van der Waals surface area contributed by atoms with Crippen LogP contribution in [0.3, 0.4) is 0 Å². The van der Waals surface area contributed by atoms with E-state index in [1.54, 1.807) is 6.08 Å². The molecule has 3 aliphatic rings. The van der Waals surface area contributed by atoms with E-state index in [4.69, 9.17) is 28.4 Å². The summed E-state index contributed by atoms with van der Waals surface area (Å²) in [5.41, 5.74) is 0. The zero-order chi connectivity index (χ0) is 67.5. The van der Waals surface area contributed by atoms with Crippen molar-refractivity contribution < 1.29 is 89.4 Å². The van der Waals surface area contributed by atoms with E-state index in [1.807, 2.05) is 6.08 Å². The maximum absolute atomic E-state index is 13.4. The number of unbranched alkanes of at least 4 members (excludes halogenated alkanes) is 45. The number of carbonyl (C=O) groups excluding carboxylic acids is 1. The first kappa shape index (κ1) is 85.8. The molecule has 0 aromatic carbocycles. The highest BCUT2D eigenvalue weighted by Gasteiger charge is 2.53. The number of aliphatic hydroxyl groups excluding tert-OH is 11. The van der Waals surface area contributed by atoms with Gasteiger partial charge in [-0.1, -0.05) is 309 Å². The van der Waals surface area contributed by atoms with E-state index in [2.05, 4.69) is 19.2 Å². The van der Waals surface area contributed by atoms with Crippen LogP contribution in [0.4, 0.5) is 0 Å².